The Hall–Kier alpha value is -2.63. The summed E-state index contributed by atoms with van der Waals surface area (Å²) in [6.07, 6.45) is 2.25. The van der Waals surface area contributed by atoms with Crippen LogP contribution in [0.1, 0.15) is 34.9 Å². The van der Waals surface area contributed by atoms with Gasteiger partial charge in [-0.05, 0) is 37.1 Å². The maximum Gasteiger partial charge on any atom is 0.248 e. The van der Waals surface area contributed by atoms with E-state index in [9.17, 15) is 4.79 Å². The van der Waals surface area contributed by atoms with E-state index < -0.39 is 5.91 Å². The zero-order valence-corrected chi connectivity index (χ0v) is 11.7. The quantitative estimate of drug-likeness (QED) is 0.879. The Morgan fingerprint density at radius 2 is 2.00 bits per heavy atom. The highest BCUT2D eigenvalue weighted by atomic mass is 16.5. The van der Waals surface area contributed by atoms with Crippen LogP contribution in [-0.2, 0) is 0 Å². The van der Waals surface area contributed by atoms with Crippen molar-refractivity contribution in [2.24, 2.45) is 5.73 Å². The molecule has 0 atom stereocenters. The number of nitrogens with one attached hydrogen (secondary N) is 1. The average Bonchev–Trinajstić information content (AvgIpc) is 3.32. The van der Waals surface area contributed by atoms with E-state index >= 15 is 0 Å². The summed E-state index contributed by atoms with van der Waals surface area (Å²) < 4.78 is 5.73. The molecular formula is C15H16N4O2. The van der Waals surface area contributed by atoms with Crippen molar-refractivity contribution in [2.75, 3.05) is 12.4 Å². The van der Waals surface area contributed by atoms with E-state index in [1.54, 1.807) is 30.3 Å². The number of carbonyl (C=O) groups is 1. The standard InChI is InChI=1S/C15H16N4O2/c1-17-12-8-13(19-15(18-12)10-2-3-10)21-11-6-4-9(5-7-11)14(16)20/h4-8,10H,2-3H2,1H3,(H2,16,20)(H,17,18,19). The summed E-state index contributed by atoms with van der Waals surface area (Å²) in [4.78, 5) is 19.9. The van der Waals surface area contributed by atoms with Gasteiger partial charge in [-0.2, -0.15) is 4.98 Å². The minimum absolute atomic E-state index is 0.442. The Balaban J connectivity index is 1.83. The van der Waals surface area contributed by atoms with Crippen LogP contribution in [0.4, 0.5) is 5.82 Å². The summed E-state index contributed by atoms with van der Waals surface area (Å²) in [6, 6.07) is 8.38. The van der Waals surface area contributed by atoms with Gasteiger partial charge in [0.1, 0.15) is 17.4 Å². The fraction of sp³-hybridized carbons (Fsp3) is 0.267. The van der Waals surface area contributed by atoms with Gasteiger partial charge in [-0.3, -0.25) is 4.79 Å². The first kappa shape index (κ1) is 13.4. The summed E-state index contributed by atoms with van der Waals surface area (Å²) in [5, 5.41) is 3.01. The Morgan fingerprint density at radius 3 is 2.57 bits per heavy atom. The van der Waals surface area contributed by atoms with E-state index in [1.807, 2.05) is 7.05 Å². The third-order valence-electron chi connectivity index (χ3n) is 3.28. The van der Waals surface area contributed by atoms with E-state index in [0.717, 1.165) is 24.5 Å². The van der Waals surface area contributed by atoms with Crippen molar-refractivity contribution >= 4 is 11.7 Å². The van der Waals surface area contributed by atoms with Crippen molar-refractivity contribution < 1.29 is 9.53 Å². The van der Waals surface area contributed by atoms with Gasteiger partial charge in [0.05, 0.1) is 0 Å². The summed E-state index contributed by atoms with van der Waals surface area (Å²) in [5.74, 6) is 2.61. The van der Waals surface area contributed by atoms with Crippen LogP contribution in [-0.4, -0.2) is 22.9 Å². The Morgan fingerprint density at radius 1 is 1.29 bits per heavy atom. The number of carbonyl (C=O) groups excluding carboxylic acids is 1. The van der Waals surface area contributed by atoms with E-state index in [4.69, 9.17) is 10.5 Å². The first-order valence-electron chi connectivity index (χ1n) is 6.80. The molecule has 0 saturated heterocycles. The van der Waals surface area contributed by atoms with Crippen molar-refractivity contribution in [2.45, 2.75) is 18.8 Å². The number of nitrogens with zero attached hydrogens (tertiary/aromatic N) is 2. The Labute approximate surface area is 122 Å². The lowest BCUT2D eigenvalue weighted by atomic mass is 10.2. The monoisotopic (exact) mass is 284 g/mol. The summed E-state index contributed by atoms with van der Waals surface area (Å²) in [5.41, 5.74) is 5.65. The second kappa shape index (κ2) is 5.40. The molecule has 3 rings (SSSR count). The van der Waals surface area contributed by atoms with Crippen LogP contribution in [0.2, 0.25) is 0 Å². The molecule has 2 aromatic rings. The minimum Gasteiger partial charge on any atom is -0.439 e. The van der Waals surface area contributed by atoms with Crippen molar-refractivity contribution in [3.8, 4) is 11.6 Å². The molecule has 0 unspecified atom stereocenters. The smallest absolute Gasteiger partial charge is 0.248 e. The lowest BCUT2D eigenvalue weighted by molar-refractivity contribution is 0.100. The van der Waals surface area contributed by atoms with Gasteiger partial charge >= 0.3 is 0 Å². The number of anilines is 1. The maximum absolute atomic E-state index is 11.0. The second-order valence-corrected chi connectivity index (χ2v) is 4.96. The SMILES string of the molecule is CNc1cc(Oc2ccc(C(N)=O)cc2)nc(C2CC2)n1. The van der Waals surface area contributed by atoms with E-state index in [1.165, 1.54) is 0 Å². The molecule has 1 aliphatic rings. The number of primary amides is 1. The Kier molecular flexibility index (Phi) is 3.43. The highest BCUT2D eigenvalue weighted by Gasteiger charge is 2.27. The summed E-state index contributed by atoms with van der Waals surface area (Å²) in [6.45, 7) is 0. The number of nitrogens with two attached hydrogens (primary N) is 1. The van der Waals surface area contributed by atoms with Crippen molar-refractivity contribution in [3.63, 3.8) is 0 Å². The van der Waals surface area contributed by atoms with Crippen LogP contribution in [0, 0.1) is 0 Å². The molecule has 1 amide bonds. The molecular weight excluding hydrogens is 268 g/mol. The first-order chi connectivity index (χ1) is 10.2. The lowest BCUT2D eigenvalue weighted by Gasteiger charge is -2.09. The third-order valence-corrected chi connectivity index (χ3v) is 3.28. The first-order valence-corrected chi connectivity index (χ1v) is 6.80. The average molecular weight is 284 g/mol. The van der Waals surface area contributed by atoms with E-state index in [0.29, 0.717) is 23.1 Å². The fourth-order valence-corrected chi connectivity index (χ4v) is 1.96. The molecule has 0 aliphatic heterocycles. The highest BCUT2D eigenvalue weighted by molar-refractivity contribution is 5.92. The predicted molar refractivity (Wildman–Crippen MR) is 78.6 cm³/mol. The number of benzene rings is 1. The summed E-state index contributed by atoms with van der Waals surface area (Å²) in [7, 11) is 1.81. The number of amides is 1. The number of hydrogen-bond donors (Lipinski definition) is 2. The lowest BCUT2D eigenvalue weighted by Crippen LogP contribution is -2.10. The third kappa shape index (κ3) is 3.10. The molecule has 1 saturated carbocycles. The molecule has 1 aliphatic carbocycles. The zero-order chi connectivity index (χ0) is 14.8. The van der Waals surface area contributed by atoms with Crippen molar-refractivity contribution in [1.29, 1.82) is 0 Å². The molecule has 1 fully saturated rings. The molecule has 1 aromatic carbocycles. The molecule has 3 N–H and O–H groups in total. The van der Waals surface area contributed by atoms with Gasteiger partial charge in [0.25, 0.3) is 0 Å². The molecule has 6 nitrogen and oxygen atoms in total. The van der Waals surface area contributed by atoms with Gasteiger partial charge < -0.3 is 15.8 Å². The van der Waals surface area contributed by atoms with Crippen LogP contribution in [0.3, 0.4) is 0 Å². The maximum atomic E-state index is 11.0. The largest absolute Gasteiger partial charge is 0.439 e. The van der Waals surface area contributed by atoms with Gasteiger partial charge in [0.2, 0.25) is 11.8 Å². The van der Waals surface area contributed by atoms with E-state index in [-0.39, 0.29) is 0 Å². The summed E-state index contributed by atoms with van der Waals surface area (Å²) >= 11 is 0. The molecule has 0 spiro atoms. The molecule has 0 bridgehead atoms. The van der Waals surface area contributed by atoms with Gasteiger partial charge in [0, 0.05) is 24.6 Å². The van der Waals surface area contributed by atoms with Crippen LogP contribution >= 0.6 is 0 Å². The predicted octanol–water partition coefficient (Wildman–Crippen LogP) is 2.29. The molecule has 0 radical (unpaired) electrons. The molecule has 108 valence electrons. The van der Waals surface area contributed by atoms with Crippen molar-refractivity contribution in [1.82, 2.24) is 9.97 Å². The van der Waals surface area contributed by atoms with Crippen molar-refractivity contribution in [3.05, 3.63) is 41.7 Å². The zero-order valence-electron chi connectivity index (χ0n) is 11.7. The van der Waals surface area contributed by atoms with Gasteiger partial charge in [-0.1, -0.05) is 0 Å². The topological polar surface area (TPSA) is 90.1 Å². The number of ether oxygens (including phenoxy) is 1. The molecule has 1 heterocycles. The van der Waals surface area contributed by atoms with Crippen LogP contribution < -0.4 is 15.8 Å². The molecule has 21 heavy (non-hydrogen) atoms. The number of hydrogen-bond acceptors (Lipinski definition) is 5. The second-order valence-electron chi connectivity index (χ2n) is 4.96. The van der Waals surface area contributed by atoms with Gasteiger partial charge in [0.15, 0.2) is 0 Å². The highest BCUT2D eigenvalue weighted by Crippen LogP contribution is 2.39. The number of rotatable bonds is 5. The Bertz CT molecular complexity index is 666. The van der Waals surface area contributed by atoms with Crippen LogP contribution in [0.5, 0.6) is 11.6 Å². The fourth-order valence-electron chi connectivity index (χ4n) is 1.96. The van der Waals surface area contributed by atoms with Gasteiger partial charge in [-0.15, -0.1) is 0 Å². The number of aromatic nitrogens is 2. The van der Waals surface area contributed by atoms with Crippen LogP contribution in [0.15, 0.2) is 30.3 Å². The van der Waals surface area contributed by atoms with Gasteiger partial charge in [-0.25, -0.2) is 4.98 Å². The molecule has 6 heteroatoms. The van der Waals surface area contributed by atoms with E-state index in [2.05, 4.69) is 15.3 Å². The van der Waals surface area contributed by atoms with Crippen LogP contribution in [0.25, 0.3) is 0 Å². The minimum atomic E-state index is -0.461. The normalized spacial score (nSPS) is 13.8. The molecule has 1 aromatic heterocycles.